The molecule has 2 saturated heterocycles. The Balaban J connectivity index is 1.33. The van der Waals surface area contributed by atoms with Crippen LogP contribution in [0.1, 0.15) is 37.4 Å². The Morgan fingerprint density at radius 3 is 2.53 bits per heavy atom. The number of ether oxygens (including phenoxy) is 1. The number of morpholine rings is 1. The van der Waals surface area contributed by atoms with Crippen molar-refractivity contribution in [1.82, 2.24) is 15.1 Å². The van der Waals surface area contributed by atoms with Crippen molar-refractivity contribution in [3.05, 3.63) is 71.8 Å². The van der Waals surface area contributed by atoms with Crippen molar-refractivity contribution in [2.75, 3.05) is 32.8 Å². The molecule has 0 spiro atoms. The van der Waals surface area contributed by atoms with Gasteiger partial charge in [-0.15, -0.1) is 0 Å². The van der Waals surface area contributed by atoms with Crippen molar-refractivity contribution in [1.29, 1.82) is 0 Å². The predicted molar refractivity (Wildman–Crippen MR) is 119 cm³/mol. The van der Waals surface area contributed by atoms with Crippen LogP contribution in [0.25, 0.3) is 0 Å². The number of hydrogen-bond acceptors (Lipinski definition) is 3. The van der Waals surface area contributed by atoms with E-state index in [1.807, 2.05) is 29.2 Å². The van der Waals surface area contributed by atoms with Crippen LogP contribution in [0, 0.1) is 5.41 Å². The molecule has 0 saturated carbocycles. The van der Waals surface area contributed by atoms with Gasteiger partial charge in [0.2, 0.25) is 0 Å². The molecule has 2 aliphatic heterocycles. The third-order valence-corrected chi connectivity index (χ3v) is 6.12. The van der Waals surface area contributed by atoms with Gasteiger partial charge in [-0.3, -0.25) is 4.90 Å². The molecule has 5 nitrogen and oxygen atoms in total. The number of rotatable bonds is 5. The monoisotopic (exact) mass is 407 g/mol. The number of nitrogens with one attached hydrogen (secondary N) is 1. The normalized spacial score (nSPS) is 24.0. The third kappa shape index (κ3) is 5.21. The SMILES string of the molecule is CC1(C)CC(c2ccccc2)N(C(=O)NCC2CN(Cc3ccccc3)CCO2)C1. The van der Waals surface area contributed by atoms with E-state index in [4.69, 9.17) is 4.74 Å². The van der Waals surface area contributed by atoms with Gasteiger partial charge in [-0.25, -0.2) is 4.79 Å². The number of likely N-dealkylation sites (tertiary alicyclic amines) is 1. The summed E-state index contributed by atoms with van der Waals surface area (Å²) in [5.74, 6) is 0. The highest BCUT2D eigenvalue weighted by Crippen LogP contribution is 2.42. The van der Waals surface area contributed by atoms with Gasteiger partial charge in [0.25, 0.3) is 0 Å². The van der Waals surface area contributed by atoms with Crippen LogP contribution >= 0.6 is 0 Å². The zero-order chi connectivity index (χ0) is 21.0. The first-order chi connectivity index (χ1) is 14.5. The second-order valence-electron chi connectivity index (χ2n) is 9.32. The van der Waals surface area contributed by atoms with Crippen LogP contribution < -0.4 is 5.32 Å². The number of nitrogens with zero attached hydrogens (tertiary/aromatic N) is 2. The zero-order valence-electron chi connectivity index (χ0n) is 18.1. The summed E-state index contributed by atoms with van der Waals surface area (Å²) in [6, 6.07) is 21.0. The van der Waals surface area contributed by atoms with Crippen LogP contribution in [0.5, 0.6) is 0 Å². The standard InChI is InChI=1S/C25H33N3O2/c1-25(2)15-23(21-11-7-4-8-12-21)28(19-25)24(29)26-16-22-18-27(13-14-30-22)17-20-9-5-3-6-10-20/h3-12,22-23H,13-19H2,1-2H3,(H,26,29). The second-order valence-corrected chi connectivity index (χ2v) is 9.32. The molecule has 2 atom stereocenters. The van der Waals surface area contributed by atoms with E-state index in [-0.39, 0.29) is 23.6 Å². The van der Waals surface area contributed by atoms with E-state index in [0.29, 0.717) is 13.2 Å². The summed E-state index contributed by atoms with van der Waals surface area (Å²) in [4.78, 5) is 17.5. The van der Waals surface area contributed by atoms with Crippen molar-refractivity contribution < 1.29 is 9.53 Å². The third-order valence-electron chi connectivity index (χ3n) is 6.12. The molecule has 2 fully saturated rings. The van der Waals surface area contributed by atoms with Crippen LogP contribution in [0.2, 0.25) is 0 Å². The van der Waals surface area contributed by atoms with E-state index < -0.39 is 0 Å². The molecular weight excluding hydrogens is 374 g/mol. The molecule has 30 heavy (non-hydrogen) atoms. The summed E-state index contributed by atoms with van der Waals surface area (Å²) < 4.78 is 5.94. The van der Waals surface area contributed by atoms with Gasteiger partial charge in [0, 0.05) is 32.7 Å². The van der Waals surface area contributed by atoms with Crippen LogP contribution in [0.15, 0.2) is 60.7 Å². The maximum Gasteiger partial charge on any atom is 0.318 e. The Labute approximate surface area is 180 Å². The van der Waals surface area contributed by atoms with Crippen molar-refractivity contribution in [3.8, 4) is 0 Å². The summed E-state index contributed by atoms with van der Waals surface area (Å²) in [5.41, 5.74) is 2.64. The van der Waals surface area contributed by atoms with E-state index in [1.165, 1.54) is 11.1 Å². The fraction of sp³-hybridized carbons (Fsp3) is 0.480. The number of amides is 2. The molecule has 0 bridgehead atoms. The Hall–Kier alpha value is -2.37. The summed E-state index contributed by atoms with van der Waals surface area (Å²) in [5, 5.41) is 3.15. The Morgan fingerprint density at radius 1 is 1.10 bits per heavy atom. The minimum atomic E-state index is 0.0122. The number of carbonyl (C=O) groups excluding carboxylic acids is 1. The van der Waals surface area contributed by atoms with Crippen molar-refractivity contribution in [2.45, 2.75) is 39.0 Å². The topological polar surface area (TPSA) is 44.8 Å². The lowest BCUT2D eigenvalue weighted by atomic mass is 9.89. The number of carbonyl (C=O) groups is 1. The van der Waals surface area contributed by atoms with Gasteiger partial charge in [-0.1, -0.05) is 74.5 Å². The molecule has 0 aliphatic carbocycles. The van der Waals surface area contributed by atoms with Crippen LogP contribution in [-0.2, 0) is 11.3 Å². The van der Waals surface area contributed by atoms with Gasteiger partial charge in [0.05, 0.1) is 18.8 Å². The number of benzene rings is 2. The lowest BCUT2D eigenvalue weighted by molar-refractivity contribution is -0.0291. The molecule has 1 N–H and O–H groups in total. The highest BCUT2D eigenvalue weighted by molar-refractivity contribution is 5.75. The minimum Gasteiger partial charge on any atom is -0.374 e. The quantitative estimate of drug-likeness (QED) is 0.813. The van der Waals surface area contributed by atoms with Crippen LogP contribution in [0.4, 0.5) is 4.79 Å². The van der Waals surface area contributed by atoms with Gasteiger partial charge in [0.1, 0.15) is 0 Å². The molecule has 4 rings (SSSR count). The molecular formula is C25H33N3O2. The van der Waals surface area contributed by atoms with Gasteiger partial charge in [-0.2, -0.15) is 0 Å². The summed E-state index contributed by atoms with van der Waals surface area (Å²) in [6.07, 6.45) is 1.01. The lowest BCUT2D eigenvalue weighted by Crippen LogP contribution is -2.49. The Kier molecular flexibility index (Phi) is 6.40. The molecule has 5 heteroatoms. The summed E-state index contributed by atoms with van der Waals surface area (Å²) in [6.45, 7) is 9.18. The van der Waals surface area contributed by atoms with Crippen molar-refractivity contribution >= 4 is 6.03 Å². The zero-order valence-corrected chi connectivity index (χ0v) is 18.1. The number of hydrogen-bond donors (Lipinski definition) is 1. The summed E-state index contributed by atoms with van der Waals surface area (Å²) >= 11 is 0. The van der Waals surface area contributed by atoms with Gasteiger partial charge < -0.3 is 15.0 Å². The molecule has 0 aromatic heterocycles. The van der Waals surface area contributed by atoms with E-state index in [0.717, 1.165) is 32.6 Å². The van der Waals surface area contributed by atoms with Crippen molar-refractivity contribution in [2.24, 2.45) is 5.41 Å². The van der Waals surface area contributed by atoms with Crippen molar-refractivity contribution in [3.63, 3.8) is 0 Å². The van der Waals surface area contributed by atoms with E-state index >= 15 is 0 Å². The lowest BCUT2D eigenvalue weighted by Gasteiger charge is -2.33. The fourth-order valence-electron chi connectivity index (χ4n) is 4.65. The largest absolute Gasteiger partial charge is 0.374 e. The molecule has 2 amide bonds. The molecule has 160 valence electrons. The molecule has 2 unspecified atom stereocenters. The molecule has 0 radical (unpaired) electrons. The smallest absolute Gasteiger partial charge is 0.318 e. The van der Waals surface area contributed by atoms with Gasteiger partial charge in [-0.05, 0) is 23.0 Å². The van der Waals surface area contributed by atoms with E-state index in [9.17, 15) is 4.79 Å². The molecule has 2 aromatic carbocycles. The Morgan fingerprint density at radius 2 is 1.80 bits per heavy atom. The van der Waals surface area contributed by atoms with Gasteiger partial charge >= 0.3 is 6.03 Å². The average Bonchev–Trinajstić information content (AvgIpc) is 3.09. The molecule has 2 heterocycles. The Bertz CT molecular complexity index is 825. The predicted octanol–water partition coefficient (Wildman–Crippen LogP) is 4.07. The van der Waals surface area contributed by atoms with Crippen LogP contribution in [-0.4, -0.2) is 54.7 Å². The maximum atomic E-state index is 13.1. The highest BCUT2D eigenvalue weighted by Gasteiger charge is 2.40. The van der Waals surface area contributed by atoms with E-state index in [2.05, 4.69) is 60.5 Å². The molecule has 2 aromatic rings. The number of urea groups is 1. The summed E-state index contributed by atoms with van der Waals surface area (Å²) in [7, 11) is 0. The van der Waals surface area contributed by atoms with Crippen LogP contribution in [0.3, 0.4) is 0 Å². The first kappa shape index (κ1) is 20.9. The fourth-order valence-corrected chi connectivity index (χ4v) is 4.65. The van der Waals surface area contributed by atoms with E-state index in [1.54, 1.807) is 0 Å². The first-order valence-electron chi connectivity index (χ1n) is 11.0. The first-order valence-corrected chi connectivity index (χ1v) is 11.0. The second kappa shape index (κ2) is 9.19. The van der Waals surface area contributed by atoms with Gasteiger partial charge in [0.15, 0.2) is 0 Å². The highest BCUT2D eigenvalue weighted by atomic mass is 16.5. The molecule has 2 aliphatic rings. The average molecular weight is 408 g/mol. The minimum absolute atomic E-state index is 0.0122. The maximum absolute atomic E-state index is 13.1.